The summed E-state index contributed by atoms with van der Waals surface area (Å²) in [6.45, 7) is 4.64. The number of rotatable bonds is 6. The van der Waals surface area contributed by atoms with Crippen LogP contribution in [-0.4, -0.2) is 17.8 Å². The second-order valence-electron chi connectivity index (χ2n) is 3.28. The third-order valence-corrected chi connectivity index (χ3v) is 2.19. The first-order chi connectivity index (χ1) is 6.79. The van der Waals surface area contributed by atoms with Crippen LogP contribution < -0.4 is 0 Å². The summed E-state index contributed by atoms with van der Waals surface area (Å²) >= 11 is 0. The Kier molecular flexibility index (Phi) is 4.70. The third kappa shape index (κ3) is 2.86. The van der Waals surface area contributed by atoms with Crippen molar-refractivity contribution in [2.75, 3.05) is 6.61 Å². The number of aliphatic hydroxyl groups excluding tert-OH is 1. The van der Waals surface area contributed by atoms with Crippen molar-refractivity contribution in [3.8, 4) is 0 Å². The van der Waals surface area contributed by atoms with E-state index < -0.39 is 6.10 Å². The molecule has 0 aliphatic heterocycles. The highest BCUT2D eigenvalue weighted by atomic mass is 16.5. The van der Waals surface area contributed by atoms with Gasteiger partial charge in [-0.25, -0.2) is 0 Å². The van der Waals surface area contributed by atoms with Gasteiger partial charge in [0.2, 0.25) is 0 Å². The molecule has 1 N–H and O–H groups in total. The van der Waals surface area contributed by atoms with Gasteiger partial charge in [0.25, 0.3) is 0 Å². The Bertz CT molecular complexity index is 225. The van der Waals surface area contributed by atoms with Crippen LogP contribution in [-0.2, 0) is 4.74 Å². The molecule has 3 nitrogen and oxygen atoms in total. The van der Waals surface area contributed by atoms with E-state index in [1.807, 2.05) is 6.92 Å². The van der Waals surface area contributed by atoms with E-state index in [0.29, 0.717) is 6.61 Å². The second-order valence-corrected chi connectivity index (χ2v) is 3.28. The van der Waals surface area contributed by atoms with Crippen LogP contribution in [0.5, 0.6) is 0 Å². The summed E-state index contributed by atoms with van der Waals surface area (Å²) in [6, 6.07) is 1.77. The van der Waals surface area contributed by atoms with Crippen molar-refractivity contribution < 1.29 is 14.3 Å². The quantitative estimate of drug-likeness (QED) is 0.763. The first-order valence-corrected chi connectivity index (χ1v) is 5.11. The summed E-state index contributed by atoms with van der Waals surface area (Å²) in [5.74, 6) is 0. The molecule has 0 bridgehead atoms. The van der Waals surface area contributed by atoms with Gasteiger partial charge in [-0.15, -0.1) is 0 Å². The molecule has 0 spiro atoms. The average molecular weight is 198 g/mol. The zero-order valence-corrected chi connectivity index (χ0v) is 8.77. The second kappa shape index (κ2) is 5.83. The minimum atomic E-state index is -0.575. The lowest BCUT2D eigenvalue weighted by molar-refractivity contribution is -0.0386. The van der Waals surface area contributed by atoms with Crippen molar-refractivity contribution in [1.29, 1.82) is 0 Å². The molecule has 2 atom stereocenters. The van der Waals surface area contributed by atoms with E-state index in [9.17, 15) is 5.11 Å². The third-order valence-electron chi connectivity index (χ3n) is 2.19. The summed E-state index contributed by atoms with van der Waals surface area (Å²) in [4.78, 5) is 0. The fourth-order valence-electron chi connectivity index (χ4n) is 1.49. The Hall–Kier alpha value is -0.800. The van der Waals surface area contributed by atoms with Gasteiger partial charge in [-0.3, -0.25) is 0 Å². The summed E-state index contributed by atoms with van der Waals surface area (Å²) in [5, 5.41) is 9.95. The lowest BCUT2D eigenvalue weighted by Gasteiger charge is -2.21. The first kappa shape index (κ1) is 11.3. The Balaban J connectivity index is 2.58. The largest absolute Gasteiger partial charge is 0.472 e. The molecule has 80 valence electrons. The minimum Gasteiger partial charge on any atom is -0.472 e. The molecule has 1 aromatic rings. The molecule has 0 fully saturated rings. The molecule has 1 heterocycles. The normalized spacial score (nSPS) is 15.4. The van der Waals surface area contributed by atoms with E-state index in [0.717, 1.165) is 18.4 Å². The van der Waals surface area contributed by atoms with E-state index >= 15 is 0 Å². The molecular weight excluding hydrogens is 180 g/mol. The molecule has 3 heteroatoms. The molecule has 0 amide bonds. The van der Waals surface area contributed by atoms with Crippen molar-refractivity contribution >= 4 is 0 Å². The summed E-state index contributed by atoms with van der Waals surface area (Å²) in [6.07, 6.45) is 4.29. The lowest BCUT2D eigenvalue weighted by Crippen LogP contribution is -2.21. The molecule has 0 saturated carbocycles. The molecule has 0 radical (unpaired) electrons. The summed E-state index contributed by atoms with van der Waals surface area (Å²) in [7, 11) is 0. The van der Waals surface area contributed by atoms with Crippen LogP contribution >= 0.6 is 0 Å². The van der Waals surface area contributed by atoms with Gasteiger partial charge in [0.05, 0.1) is 18.6 Å². The number of aliphatic hydroxyl groups is 1. The van der Waals surface area contributed by atoms with Crippen LogP contribution in [0, 0.1) is 0 Å². The van der Waals surface area contributed by atoms with E-state index in [1.165, 1.54) is 0 Å². The van der Waals surface area contributed by atoms with E-state index in [1.54, 1.807) is 18.6 Å². The van der Waals surface area contributed by atoms with Crippen LogP contribution in [0.3, 0.4) is 0 Å². The lowest BCUT2D eigenvalue weighted by atomic mass is 10.0. The predicted molar refractivity (Wildman–Crippen MR) is 54.0 cm³/mol. The number of ether oxygens (including phenoxy) is 1. The zero-order valence-electron chi connectivity index (χ0n) is 8.77. The average Bonchev–Trinajstić information content (AvgIpc) is 2.69. The van der Waals surface area contributed by atoms with Gasteiger partial charge < -0.3 is 14.3 Å². The van der Waals surface area contributed by atoms with Crippen LogP contribution in [0.15, 0.2) is 23.0 Å². The molecular formula is C11H18O3. The molecule has 14 heavy (non-hydrogen) atoms. The van der Waals surface area contributed by atoms with Crippen molar-refractivity contribution in [1.82, 2.24) is 0 Å². The number of furan rings is 1. The molecule has 0 saturated heterocycles. The summed E-state index contributed by atoms with van der Waals surface area (Å²) in [5.41, 5.74) is 0.789. The topological polar surface area (TPSA) is 42.6 Å². The highest BCUT2D eigenvalue weighted by Crippen LogP contribution is 2.22. The van der Waals surface area contributed by atoms with E-state index in [4.69, 9.17) is 9.15 Å². The number of hydrogen-bond acceptors (Lipinski definition) is 3. The Morgan fingerprint density at radius 3 is 2.79 bits per heavy atom. The Morgan fingerprint density at radius 2 is 2.29 bits per heavy atom. The maximum absolute atomic E-state index is 9.95. The fourth-order valence-corrected chi connectivity index (χ4v) is 1.49. The standard InChI is InChI=1S/C11H18O3/c1-3-5-10(14-4-2)11(12)9-6-7-13-8-9/h6-8,10-12H,3-5H2,1-2H3. The van der Waals surface area contributed by atoms with Gasteiger partial charge in [0, 0.05) is 12.2 Å². The molecule has 0 aliphatic carbocycles. The minimum absolute atomic E-state index is 0.123. The van der Waals surface area contributed by atoms with Crippen molar-refractivity contribution in [2.45, 2.75) is 38.9 Å². The number of hydrogen-bond donors (Lipinski definition) is 1. The smallest absolute Gasteiger partial charge is 0.108 e. The predicted octanol–water partition coefficient (Wildman–Crippen LogP) is 2.52. The zero-order chi connectivity index (χ0) is 10.4. The first-order valence-electron chi connectivity index (χ1n) is 5.11. The fraction of sp³-hybridized carbons (Fsp3) is 0.636. The van der Waals surface area contributed by atoms with Crippen LogP contribution in [0.25, 0.3) is 0 Å². The molecule has 0 aliphatic rings. The molecule has 1 aromatic heterocycles. The van der Waals surface area contributed by atoms with Gasteiger partial charge in [-0.2, -0.15) is 0 Å². The van der Waals surface area contributed by atoms with Crippen LogP contribution in [0.2, 0.25) is 0 Å². The van der Waals surface area contributed by atoms with E-state index in [-0.39, 0.29) is 6.10 Å². The molecule has 2 unspecified atom stereocenters. The Morgan fingerprint density at radius 1 is 1.50 bits per heavy atom. The highest BCUT2D eigenvalue weighted by molar-refractivity contribution is 5.10. The monoisotopic (exact) mass is 198 g/mol. The maximum atomic E-state index is 9.95. The maximum Gasteiger partial charge on any atom is 0.108 e. The van der Waals surface area contributed by atoms with E-state index in [2.05, 4.69) is 6.92 Å². The van der Waals surface area contributed by atoms with Gasteiger partial charge in [0.15, 0.2) is 0 Å². The van der Waals surface area contributed by atoms with Gasteiger partial charge in [0.1, 0.15) is 6.10 Å². The van der Waals surface area contributed by atoms with Gasteiger partial charge in [-0.05, 0) is 19.4 Å². The summed E-state index contributed by atoms with van der Waals surface area (Å²) < 4.78 is 10.4. The molecule has 1 rings (SSSR count). The van der Waals surface area contributed by atoms with Gasteiger partial charge in [-0.1, -0.05) is 13.3 Å². The SMILES string of the molecule is CCCC(OCC)C(O)c1ccoc1. The Labute approximate surface area is 84.7 Å². The van der Waals surface area contributed by atoms with Crippen LogP contribution in [0.4, 0.5) is 0 Å². The highest BCUT2D eigenvalue weighted by Gasteiger charge is 2.20. The van der Waals surface area contributed by atoms with Crippen molar-refractivity contribution in [3.05, 3.63) is 24.2 Å². The van der Waals surface area contributed by atoms with Crippen molar-refractivity contribution in [2.24, 2.45) is 0 Å². The van der Waals surface area contributed by atoms with Gasteiger partial charge >= 0.3 is 0 Å². The molecule has 0 aromatic carbocycles. The van der Waals surface area contributed by atoms with Crippen LogP contribution in [0.1, 0.15) is 38.4 Å². The van der Waals surface area contributed by atoms with Crippen molar-refractivity contribution in [3.63, 3.8) is 0 Å².